The molecule has 16 heavy (non-hydrogen) atoms. The minimum atomic E-state index is 0.379. The van der Waals surface area contributed by atoms with E-state index in [0.717, 1.165) is 13.2 Å². The van der Waals surface area contributed by atoms with E-state index >= 15 is 0 Å². The molecule has 1 aliphatic rings. The Bertz CT molecular complexity index is 336. The Hall–Kier alpha value is -0.380. The summed E-state index contributed by atoms with van der Waals surface area (Å²) in [5, 5.41) is 5.90. The Morgan fingerprint density at radius 1 is 1.62 bits per heavy atom. The normalized spacial score (nSPS) is 27.2. The lowest BCUT2D eigenvalue weighted by molar-refractivity contribution is 0.0956. The van der Waals surface area contributed by atoms with Crippen molar-refractivity contribution in [2.45, 2.75) is 39.3 Å². The predicted octanol–water partition coefficient (Wildman–Crippen LogP) is 3.13. The fraction of sp³-hybridized carbons (Fsp3) is 0.692. The molecule has 0 spiro atoms. The largest absolute Gasteiger partial charge is 0.378 e. The predicted molar refractivity (Wildman–Crippen MR) is 69.0 cm³/mol. The monoisotopic (exact) mass is 239 g/mol. The molecule has 1 saturated heterocycles. The van der Waals surface area contributed by atoms with Crippen LogP contribution in [-0.4, -0.2) is 19.3 Å². The number of rotatable bonds is 4. The van der Waals surface area contributed by atoms with Gasteiger partial charge in [-0.1, -0.05) is 6.92 Å². The van der Waals surface area contributed by atoms with Gasteiger partial charge in [0.25, 0.3) is 0 Å². The first kappa shape index (κ1) is 12.1. The van der Waals surface area contributed by atoms with Crippen LogP contribution in [0.4, 0.5) is 0 Å². The van der Waals surface area contributed by atoms with Gasteiger partial charge < -0.3 is 10.1 Å². The van der Waals surface area contributed by atoms with Crippen molar-refractivity contribution < 1.29 is 4.74 Å². The van der Waals surface area contributed by atoms with Gasteiger partial charge in [-0.25, -0.2) is 0 Å². The first-order valence-electron chi connectivity index (χ1n) is 6.12. The number of nitrogens with one attached hydrogen (secondary N) is 1. The van der Waals surface area contributed by atoms with E-state index in [4.69, 9.17) is 4.74 Å². The molecule has 1 aromatic heterocycles. The Morgan fingerprint density at radius 3 is 2.94 bits per heavy atom. The molecule has 90 valence electrons. The third-order valence-corrected chi connectivity index (χ3v) is 4.28. The van der Waals surface area contributed by atoms with Crippen molar-refractivity contribution in [1.82, 2.24) is 5.32 Å². The molecule has 0 aliphatic carbocycles. The molecule has 2 nitrogen and oxygen atoms in total. The van der Waals surface area contributed by atoms with Crippen LogP contribution in [0.2, 0.25) is 0 Å². The maximum atomic E-state index is 5.68. The summed E-state index contributed by atoms with van der Waals surface area (Å²) in [6.45, 7) is 8.47. The smallest absolute Gasteiger partial charge is 0.0594 e. The lowest BCUT2D eigenvalue weighted by atomic mass is 9.89. The number of hydrogen-bond acceptors (Lipinski definition) is 3. The molecule has 3 atom stereocenters. The second kappa shape index (κ2) is 5.30. The Morgan fingerprint density at radius 2 is 2.44 bits per heavy atom. The van der Waals surface area contributed by atoms with Gasteiger partial charge in [0.15, 0.2) is 0 Å². The van der Waals surface area contributed by atoms with Crippen LogP contribution in [0.3, 0.4) is 0 Å². The number of thiophene rings is 1. The number of ether oxygens (including phenoxy) is 1. The average molecular weight is 239 g/mol. The zero-order valence-electron chi connectivity index (χ0n) is 10.3. The summed E-state index contributed by atoms with van der Waals surface area (Å²) in [6.07, 6.45) is 1.55. The van der Waals surface area contributed by atoms with Crippen molar-refractivity contribution in [2.24, 2.45) is 5.92 Å². The zero-order valence-corrected chi connectivity index (χ0v) is 11.1. The summed E-state index contributed by atoms with van der Waals surface area (Å²) < 4.78 is 5.68. The quantitative estimate of drug-likeness (QED) is 0.871. The Kier molecular flexibility index (Phi) is 4.00. The van der Waals surface area contributed by atoms with Gasteiger partial charge in [0.1, 0.15) is 0 Å². The second-order valence-corrected chi connectivity index (χ2v) is 5.67. The fourth-order valence-electron chi connectivity index (χ4n) is 2.55. The molecule has 1 aliphatic heterocycles. The van der Waals surface area contributed by atoms with Crippen molar-refractivity contribution in [3.8, 4) is 0 Å². The molecule has 2 rings (SSSR count). The van der Waals surface area contributed by atoms with E-state index in [0.29, 0.717) is 18.1 Å². The van der Waals surface area contributed by atoms with E-state index in [9.17, 15) is 0 Å². The highest BCUT2D eigenvalue weighted by molar-refractivity contribution is 7.10. The molecule has 0 radical (unpaired) electrons. The standard InChI is InChI=1S/C13H21NOS/c1-4-14-13(11-7-9(2)16-8-11)12-5-6-15-10(12)3/h7-8,10,12-14H,4-6H2,1-3H3. The summed E-state index contributed by atoms with van der Waals surface area (Å²) >= 11 is 1.84. The van der Waals surface area contributed by atoms with Crippen LogP contribution in [0.25, 0.3) is 0 Å². The zero-order chi connectivity index (χ0) is 11.5. The Labute approximate surface area is 102 Å². The molecule has 1 fully saturated rings. The minimum Gasteiger partial charge on any atom is -0.378 e. The maximum absolute atomic E-state index is 5.68. The molecular weight excluding hydrogens is 218 g/mol. The first-order chi connectivity index (χ1) is 7.72. The summed E-state index contributed by atoms with van der Waals surface area (Å²) in [4.78, 5) is 1.39. The van der Waals surface area contributed by atoms with Gasteiger partial charge >= 0.3 is 0 Å². The molecule has 0 amide bonds. The summed E-state index contributed by atoms with van der Waals surface area (Å²) in [5.41, 5.74) is 1.44. The Balaban J connectivity index is 2.16. The van der Waals surface area contributed by atoms with Gasteiger partial charge in [-0.05, 0) is 43.8 Å². The molecule has 0 saturated carbocycles. The fourth-order valence-corrected chi connectivity index (χ4v) is 3.29. The average Bonchev–Trinajstić information content (AvgIpc) is 2.84. The second-order valence-electron chi connectivity index (χ2n) is 4.55. The van der Waals surface area contributed by atoms with Gasteiger partial charge in [-0.15, -0.1) is 11.3 Å². The minimum absolute atomic E-state index is 0.379. The van der Waals surface area contributed by atoms with Crippen LogP contribution in [0.5, 0.6) is 0 Å². The van der Waals surface area contributed by atoms with Crippen molar-refractivity contribution in [1.29, 1.82) is 0 Å². The topological polar surface area (TPSA) is 21.3 Å². The lowest BCUT2D eigenvalue weighted by Gasteiger charge is -2.26. The van der Waals surface area contributed by atoms with Gasteiger partial charge in [-0.3, -0.25) is 0 Å². The van der Waals surface area contributed by atoms with Crippen molar-refractivity contribution in [2.75, 3.05) is 13.2 Å². The van der Waals surface area contributed by atoms with E-state index in [1.807, 2.05) is 11.3 Å². The third-order valence-electron chi connectivity index (χ3n) is 3.40. The summed E-state index contributed by atoms with van der Waals surface area (Å²) in [6, 6.07) is 2.77. The van der Waals surface area contributed by atoms with E-state index in [1.54, 1.807) is 0 Å². The van der Waals surface area contributed by atoms with E-state index in [2.05, 4.69) is 37.5 Å². The molecule has 3 heteroatoms. The number of hydrogen-bond donors (Lipinski definition) is 1. The summed E-state index contributed by atoms with van der Waals surface area (Å²) in [5.74, 6) is 0.619. The van der Waals surface area contributed by atoms with Crippen LogP contribution in [0.15, 0.2) is 11.4 Å². The molecule has 1 aromatic rings. The van der Waals surface area contributed by atoms with E-state index in [-0.39, 0.29) is 0 Å². The van der Waals surface area contributed by atoms with Crippen LogP contribution in [0, 0.1) is 12.8 Å². The van der Waals surface area contributed by atoms with Crippen LogP contribution >= 0.6 is 11.3 Å². The molecule has 0 aromatic carbocycles. The highest BCUT2D eigenvalue weighted by atomic mass is 32.1. The van der Waals surface area contributed by atoms with Crippen LogP contribution in [-0.2, 0) is 4.74 Å². The van der Waals surface area contributed by atoms with E-state index < -0.39 is 0 Å². The highest BCUT2D eigenvalue weighted by Crippen LogP contribution is 2.34. The van der Waals surface area contributed by atoms with Crippen molar-refractivity contribution >= 4 is 11.3 Å². The summed E-state index contributed by atoms with van der Waals surface area (Å²) in [7, 11) is 0. The van der Waals surface area contributed by atoms with Crippen molar-refractivity contribution in [3.63, 3.8) is 0 Å². The molecule has 3 unspecified atom stereocenters. The third kappa shape index (κ3) is 2.47. The number of aryl methyl sites for hydroxylation is 1. The first-order valence-corrected chi connectivity index (χ1v) is 7.00. The van der Waals surface area contributed by atoms with Gasteiger partial charge in [0, 0.05) is 23.4 Å². The molecule has 1 N–H and O–H groups in total. The lowest BCUT2D eigenvalue weighted by Crippen LogP contribution is -2.31. The van der Waals surface area contributed by atoms with Crippen molar-refractivity contribution in [3.05, 3.63) is 21.9 Å². The maximum Gasteiger partial charge on any atom is 0.0594 e. The molecule has 0 bridgehead atoms. The molecule has 2 heterocycles. The van der Waals surface area contributed by atoms with E-state index in [1.165, 1.54) is 16.9 Å². The SMILES string of the molecule is CCNC(c1csc(C)c1)C1CCOC1C. The van der Waals surface area contributed by atoms with Gasteiger partial charge in [-0.2, -0.15) is 0 Å². The molecular formula is C13H21NOS. The van der Waals surface area contributed by atoms with Crippen LogP contribution in [0.1, 0.15) is 36.8 Å². The highest BCUT2D eigenvalue weighted by Gasteiger charge is 2.32. The van der Waals surface area contributed by atoms with Gasteiger partial charge in [0.05, 0.1) is 6.10 Å². The van der Waals surface area contributed by atoms with Crippen LogP contribution < -0.4 is 5.32 Å². The van der Waals surface area contributed by atoms with Gasteiger partial charge in [0.2, 0.25) is 0 Å².